The Morgan fingerprint density at radius 2 is 1.90 bits per heavy atom. The predicted molar refractivity (Wildman–Crippen MR) is 60.8 cm³/mol. The minimum absolute atomic E-state index is 0.0926. The predicted octanol–water partition coefficient (Wildman–Crippen LogP) is 3.35. The summed E-state index contributed by atoms with van der Waals surface area (Å²) in [7, 11) is 0. The van der Waals surface area contributed by atoms with Crippen LogP contribution in [0.15, 0.2) is 42.7 Å². The lowest BCUT2D eigenvalue weighted by Gasteiger charge is -2.10. The summed E-state index contributed by atoms with van der Waals surface area (Å²) in [6.07, 6.45) is -2.26. The van der Waals surface area contributed by atoms with Crippen LogP contribution in [0.1, 0.15) is 15.9 Å². The lowest BCUT2D eigenvalue weighted by molar-refractivity contribution is -0.275. The first kappa shape index (κ1) is 14.0. The molecule has 1 aromatic carbocycles. The van der Waals surface area contributed by atoms with Crippen molar-refractivity contribution in [2.75, 3.05) is 0 Å². The Morgan fingerprint density at radius 1 is 1.15 bits per heavy atom. The number of ketones is 1. The molecule has 20 heavy (non-hydrogen) atoms. The van der Waals surface area contributed by atoms with Crippen molar-refractivity contribution in [2.45, 2.75) is 6.36 Å². The minimum atomic E-state index is -4.99. The highest BCUT2D eigenvalue weighted by molar-refractivity contribution is 6.08. The summed E-state index contributed by atoms with van der Waals surface area (Å²) in [5.41, 5.74) is 0.112. The van der Waals surface area contributed by atoms with E-state index in [1.54, 1.807) is 0 Å². The van der Waals surface area contributed by atoms with Crippen molar-refractivity contribution in [3.8, 4) is 5.75 Å². The van der Waals surface area contributed by atoms with Crippen LogP contribution in [0.25, 0.3) is 0 Å². The molecular formula is C13H7F4NO2. The number of ether oxygens (including phenoxy) is 1. The van der Waals surface area contributed by atoms with Gasteiger partial charge in [-0.25, -0.2) is 4.39 Å². The maximum Gasteiger partial charge on any atom is 0.573 e. The smallest absolute Gasteiger partial charge is 0.403 e. The van der Waals surface area contributed by atoms with Gasteiger partial charge in [-0.05, 0) is 30.3 Å². The number of carbonyl (C=O) groups excluding carboxylic acids is 1. The number of benzene rings is 1. The Kier molecular flexibility index (Phi) is 3.69. The SMILES string of the molecule is O=C(c1cccnc1)c1ccc(OC(F)(F)F)c(F)c1. The van der Waals surface area contributed by atoms with E-state index in [9.17, 15) is 22.4 Å². The van der Waals surface area contributed by atoms with Crippen molar-refractivity contribution >= 4 is 5.78 Å². The van der Waals surface area contributed by atoms with Gasteiger partial charge >= 0.3 is 6.36 Å². The maximum absolute atomic E-state index is 13.5. The fraction of sp³-hybridized carbons (Fsp3) is 0.0769. The zero-order valence-corrected chi connectivity index (χ0v) is 9.82. The van der Waals surface area contributed by atoms with Crippen LogP contribution >= 0.6 is 0 Å². The number of aromatic nitrogens is 1. The average Bonchev–Trinajstić information content (AvgIpc) is 2.40. The Morgan fingerprint density at radius 3 is 2.45 bits per heavy atom. The second kappa shape index (κ2) is 5.28. The highest BCUT2D eigenvalue weighted by Gasteiger charge is 2.32. The normalized spacial score (nSPS) is 11.2. The van der Waals surface area contributed by atoms with E-state index in [1.165, 1.54) is 24.5 Å². The second-order valence-corrected chi connectivity index (χ2v) is 3.76. The van der Waals surface area contributed by atoms with Gasteiger partial charge in [-0.2, -0.15) is 0 Å². The molecule has 7 heteroatoms. The molecule has 1 heterocycles. The number of halogens is 4. The van der Waals surface area contributed by atoms with Crippen molar-refractivity contribution in [1.29, 1.82) is 0 Å². The van der Waals surface area contributed by atoms with E-state index in [-0.39, 0.29) is 11.1 Å². The molecule has 2 rings (SSSR count). The van der Waals surface area contributed by atoms with Gasteiger partial charge in [0.05, 0.1) is 0 Å². The Hall–Kier alpha value is -2.44. The summed E-state index contributed by atoms with van der Waals surface area (Å²) in [5.74, 6) is -2.80. The molecule has 0 atom stereocenters. The van der Waals surface area contributed by atoms with Crippen LogP contribution in [-0.2, 0) is 0 Å². The van der Waals surface area contributed by atoms with Crippen molar-refractivity contribution in [3.63, 3.8) is 0 Å². The van der Waals surface area contributed by atoms with E-state index in [1.807, 2.05) is 0 Å². The van der Waals surface area contributed by atoms with Gasteiger partial charge in [-0.1, -0.05) is 0 Å². The summed E-state index contributed by atoms with van der Waals surface area (Å²) >= 11 is 0. The molecular weight excluding hydrogens is 278 g/mol. The van der Waals surface area contributed by atoms with Crippen LogP contribution in [0.3, 0.4) is 0 Å². The molecule has 1 aromatic heterocycles. The number of hydrogen-bond acceptors (Lipinski definition) is 3. The zero-order valence-electron chi connectivity index (χ0n) is 9.82. The van der Waals surface area contributed by atoms with Crippen molar-refractivity contribution in [2.24, 2.45) is 0 Å². The van der Waals surface area contributed by atoms with Gasteiger partial charge in [-0.15, -0.1) is 13.2 Å². The van der Waals surface area contributed by atoms with E-state index >= 15 is 0 Å². The van der Waals surface area contributed by atoms with E-state index in [2.05, 4.69) is 9.72 Å². The first-order chi connectivity index (χ1) is 9.37. The van der Waals surface area contributed by atoms with Gasteiger partial charge in [0, 0.05) is 23.5 Å². The van der Waals surface area contributed by atoms with Gasteiger partial charge in [0.1, 0.15) is 0 Å². The van der Waals surface area contributed by atoms with Gasteiger partial charge in [0.25, 0.3) is 0 Å². The van der Waals surface area contributed by atoms with E-state index < -0.39 is 23.7 Å². The molecule has 0 radical (unpaired) electrons. The zero-order chi connectivity index (χ0) is 14.8. The van der Waals surface area contributed by atoms with Crippen LogP contribution in [0.5, 0.6) is 5.75 Å². The molecule has 0 bridgehead atoms. The number of hydrogen-bond donors (Lipinski definition) is 0. The standard InChI is InChI=1S/C13H7F4NO2/c14-10-6-8(3-4-11(10)20-13(15,16)17)12(19)9-2-1-5-18-7-9/h1-7H. The summed E-state index contributed by atoms with van der Waals surface area (Å²) in [5, 5.41) is 0. The lowest BCUT2D eigenvalue weighted by atomic mass is 10.0. The Labute approximate surface area is 110 Å². The number of nitrogens with zero attached hydrogens (tertiary/aromatic N) is 1. The molecule has 104 valence electrons. The Balaban J connectivity index is 2.28. The van der Waals surface area contributed by atoms with E-state index in [0.29, 0.717) is 6.07 Å². The first-order valence-corrected chi connectivity index (χ1v) is 5.37. The fourth-order valence-electron chi connectivity index (χ4n) is 1.51. The molecule has 0 aliphatic rings. The molecule has 0 fully saturated rings. The van der Waals surface area contributed by atoms with Crippen LogP contribution in [0, 0.1) is 5.82 Å². The van der Waals surface area contributed by atoms with Crippen LogP contribution < -0.4 is 4.74 Å². The van der Waals surface area contributed by atoms with E-state index in [0.717, 1.165) is 12.1 Å². The van der Waals surface area contributed by atoms with Crippen molar-refractivity contribution in [3.05, 3.63) is 59.7 Å². The molecule has 0 N–H and O–H groups in total. The molecule has 3 nitrogen and oxygen atoms in total. The fourth-order valence-corrected chi connectivity index (χ4v) is 1.51. The van der Waals surface area contributed by atoms with Crippen LogP contribution in [-0.4, -0.2) is 17.1 Å². The van der Waals surface area contributed by atoms with Gasteiger partial charge in [-0.3, -0.25) is 9.78 Å². The van der Waals surface area contributed by atoms with Gasteiger partial charge < -0.3 is 4.74 Å². The largest absolute Gasteiger partial charge is 0.573 e. The monoisotopic (exact) mass is 285 g/mol. The molecule has 0 amide bonds. The molecule has 0 spiro atoms. The molecule has 0 unspecified atom stereocenters. The summed E-state index contributed by atoms with van der Waals surface area (Å²) < 4.78 is 52.9. The topological polar surface area (TPSA) is 39.2 Å². The van der Waals surface area contributed by atoms with Crippen molar-refractivity contribution < 1.29 is 27.1 Å². The second-order valence-electron chi connectivity index (χ2n) is 3.76. The quantitative estimate of drug-likeness (QED) is 0.641. The number of rotatable bonds is 3. The summed E-state index contributed by atoms with van der Waals surface area (Å²) in [6.45, 7) is 0. The average molecular weight is 285 g/mol. The number of pyridine rings is 1. The van der Waals surface area contributed by atoms with Crippen molar-refractivity contribution in [1.82, 2.24) is 4.98 Å². The van der Waals surface area contributed by atoms with Crippen LogP contribution in [0.4, 0.5) is 17.6 Å². The van der Waals surface area contributed by atoms with Gasteiger partial charge in [0.15, 0.2) is 17.3 Å². The third-order valence-electron chi connectivity index (χ3n) is 2.34. The highest BCUT2D eigenvalue weighted by Crippen LogP contribution is 2.26. The minimum Gasteiger partial charge on any atom is -0.403 e. The molecule has 0 aliphatic carbocycles. The maximum atomic E-state index is 13.5. The number of alkyl halides is 3. The molecule has 0 aliphatic heterocycles. The lowest BCUT2D eigenvalue weighted by Crippen LogP contribution is -2.18. The van der Waals surface area contributed by atoms with Crippen LogP contribution in [0.2, 0.25) is 0 Å². The first-order valence-electron chi connectivity index (χ1n) is 5.37. The number of carbonyl (C=O) groups is 1. The van der Waals surface area contributed by atoms with Gasteiger partial charge in [0.2, 0.25) is 0 Å². The summed E-state index contributed by atoms with van der Waals surface area (Å²) in [6, 6.07) is 5.49. The highest BCUT2D eigenvalue weighted by atomic mass is 19.4. The molecule has 2 aromatic rings. The van der Waals surface area contributed by atoms with E-state index in [4.69, 9.17) is 0 Å². The summed E-state index contributed by atoms with van der Waals surface area (Å²) in [4.78, 5) is 15.7. The molecule has 0 saturated heterocycles. The third kappa shape index (κ3) is 3.31. The Bertz CT molecular complexity index is 626. The molecule has 0 saturated carbocycles. The third-order valence-corrected chi connectivity index (χ3v) is 2.34.